The van der Waals surface area contributed by atoms with E-state index in [1.54, 1.807) is 0 Å². The molecule has 0 aromatic heterocycles. The maximum atomic E-state index is 12.4. The number of hydrogen-bond acceptors (Lipinski definition) is 2. The molecule has 84 valence electrons. The first-order valence-corrected chi connectivity index (χ1v) is 4.20. The highest BCUT2D eigenvalue weighted by molar-refractivity contribution is 5.67. The van der Waals surface area contributed by atoms with Crippen molar-refractivity contribution in [3.05, 3.63) is 0 Å². The van der Waals surface area contributed by atoms with Crippen LogP contribution in [0.25, 0.3) is 0 Å². The number of carboxylic acid groups (broad SMARTS) is 1. The predicted octanol–water partition coefficient (Wildman–Crippen LogP) is 1.62. The van der Waals surface area contributed by atoms with Crippen molar-refractivity contribution in [2.75, 3.05) is 0 Å². The molecule has 0 rings (SSSR count). The average molecular weight is 213 g/mol. The molecule has 0 saturated carbocycles. The SMILES string of the molecule is CC(C)C(C(N)CC(=O)O)C(F)(F)F. The Balaban J connectivity index is 4.58. The zero-order valence-electron chi connectivity index (χ0n) is 8.01. The second-order valence-corrected chi connectivity index (χ2v) is 3.57. The van der Waals surface area contributed by atoms with Crippen LogP contribution in [-0.4, -0.2) is 23.3 Å². The van der Waals surface area contributed by atoms with Gasteiger partial charge in [-0.05, 0) is 5.92 Å². The van der Waals surface area contributed by atoms with E-state index in [2.05, 4.69) is 0 Å². The van der Waals surface area contributed by atoms with Gasteiger partial charge in [0.15, 0.2) is 0 Å². The van der Waals surface area contributed by atoms with Gasteiger partial charge in [-0.1, -0.05) is 13.8 Å². The molecule has 0 aromatic carbocycles. The monoisotopic (exact) mass is 213 g/mol. The Morgan fingerprint density at radius 3 is 2.07 bits per heavy atom. The molecule has 6 heteroatoms. The molecule has 14 heavy (non-hydrogen) atoms. The molecule has 0 aliphatic carbocycles. The number of aliphatic carboxylic acids is 1. The van der Waals surface area contributed by atoms with Gasteiger partial charge in [0.05, 0.1) is 12.3 Å². The van der Waals surface area contributed by atoms with Gasteiger partial charge in [-0.3, -0.25) is 4.79 Å². The first-order chi connectivity index (χ1) is 6.16. The number of rotatable bonds is 4. The molecule has 0 heterocycles. The Kier molecular flexibility index (Phi) is 4.38. The van der Waals surface area contributed by atoms with E-state index in [0.29, 0.717) is 0 Å². The second-order valence-electron chi connectivity index (χ2n) is 3.57. The quantitative estimate of drug-likeness (QED) is 0.745. The maximum absolute atomic E-state index is 12.4. The van der Waals surface area contributed by atoms with Crippen molar-refractivity contribution >= 4 is 5.97 Å². The number of carbonyl (C=O) groups is 1. The van der Waals surface area contributed by atoms with Crippen molar-refractivity contribution < 1.29 is 23.1 Å². The van der Waals surface area contributed by atoms with Crippen molar-refractivity contribution in [2.45, 2.75) is 32.5 Å². The van der Waals surface area contributed by atoms with Crippen LogP contribution in [0.1, 0.15) is 20.3 Å². The number of halogens is 3. The third-order valence-corrected chi connectivity index (χ3v) is 1.97. The molecule has 0 aromatic rings. The zero-order chi connectivity index (χ0) is 11.5. The first-order valence-electron chi connectivity index (χ1n) is 4.20. The van der Waals surface area contributed by atoms with Crippen molar-refractivity contribution in [3.8, 4) is 0 Å². The molecule has 0 fully saturated rings. The van der Waals surface area contributed by atoms with E-state index in [4.69, 9.17) is 10.8 Å². The van der Waals surface area contributed by atoms with Gasteiger partial charge in [0.2, 0.25) is 0 Å². The van der Waals surface area contributed by atoms with Crippen LogP contribution >= 0.6 is 0 Å². The summed E-state index contributed by atoms with van der Waals surface area (Å²) >= 11 is 0. The van der Waals surface area contributed by atoms with E-state index in [0.717, 1.165) is 0 Å². The lowest BCUT2D eigenvalue weighted by atomic mass is 9.86. The van der Waals surface area contributed by atoms with Gasteiger partial charge in [0, 0.05) is 6.04 Å². The third kappa shape index (κ3) is 3.95. The summed E-state index contributed by atoms with van der Waals surface area (Å²) < 4.78 is 37.2. The molecular weight excluding hydrogens is 199 g/mol. The van der Waals surface area contributed by atoms with Crippen LogP contribution in [0.5, 0.6) is 0 Å². The largest absolute Gasteiger partial charge is 0.481 e. The smallest absolute Gasteiger partial charge is 0.393 e. The van der Waals surface area contributed by atoms with E-state index in [9.17, 15) is 18.0 Å². The number of carboxylic acids is 1. The summed E-state index contributed by atoms with van der Waals surface area (Å²) in [6.07, 6.45) is -5.11. The molecule has 0 amide bonds. The Bertz CT molecular complexity index is 203. The van der Waals surface area contributed by atoms with E-state index < -0.39 is 36.4 Å². The Morgan fingerprint density at radius 2 is 1.86 bits per heavy atom. The minimum atomic E-state index is -4.44. The molecule has 2 unspecified atom stereocenters. The summed E-state index contributed by atoms with van der Waals surface area (Å²) in [4.78, 5) is 10.2. The van der Waals surface area contributed by atoms with Gasteiger partial charge in [0.1, 0.15) is 0 Å². The minimum Gasteiger partial charge on any atom is -0.481 e. The first kappa shape index (κ1) is 13.2. The van der Waals surface area contributed by atoms with E-state index in [-0.39, 0.29) is 0 Å². The topological polar surface area (TPSA) is 63.3 Å². The van der Waals surface area contributed by atoms with Crippen LogP contribution in [0.15, 0.2) is 0 Å². The van der Waals surface area contributed by atoms with Crippen molar-refractivity contribution in [1.29, 1.82) is 0 Å². The van der Waals surface area contributed by atoms with Crippen LogP contribution in [0.2, 0.25) is 0 Å². The summed E-state index contributed by atoms with van der Waals surface area (Å²) in [6.45, 7) is 2.75. The fourth-order valence-corrected chi connectivity index (χ4v) is 1.44. The van der Waals surface area contributed by atoms with Gasteiger partial charge in [-0.15, -0.1) is 0 Å². The maximum Gasteiger partial charge on any atom is 0.393 e. The van der Waals surface area contributed by atoms with Gasteiger partial charge in [0.25, 0.3) is 0 Å². The Labute approximate surface area is 80.1 Å². The van der Waals surface area contributed by atoms with E-state index >= 15 is 0 Å². The average Bonchev–Trinajstić information content (AvgIpc) is 1.78. The lowest BCUT2D eigenvalue weighted by molar-refractivity contribution is -0.192. The van der Waals surface area contributed by atoms with Crippen LogP contribution < -0.4 is 5.73 Å². The molecule has 0 aliphatic heterocycles. The summed E-state index contributed by atoms with van der Waals surface area (Å²) in [6, 6.07) is -1.38. The minimum absolute atomic E-state index is 0.664. The molecule has 0 saturated heterocycles. The molecule has 0 aliphatic rings. The number of hydrogen-bond donors (Lipinski definition) is 2. The number of alkyl halides is 3. The Hall–Kier alpha value is -0.780. The highest BCUT2D eigenvalue weighted by Gasteiger charge is 2.45. The van der Waals surface area contributed by atoms with Crippen LogP contribution in [-0.2, 0) is 4.79 Å². The van der Waals surface area contributed by atoms with Crippen LogP contribution in [0.4, 0.5) is 13.2 Å². The fraction of sp³-hybridized carbons (Fsp3) is 0.875. The van der Waals surface area contributed by atoms with E-state index in [1.807, 2.05) is 0 Å². The van der Waals surface area contributed by atoms with Gasteiger partial charge in [-0.25, -0.2) is 0 Å². The summed E-state index contributed by atoms with van der Waals surface area (Å²) in [7, 11) is 0. The Morgan fingerprint density at radius 1 is 1.43 bits per heavy atom. The predicted molar refractivity (Wildman–Crippen MR) is 44.6 cm³/mol. The standard InChI is InChI=1S/C8H14F3NO2/c1-4(2)7(8(9,10)11)5(12)3-6(13)14/h4-5,7H,3,12H2,1-2H3,(H,13,14). The highest BCUT2D eigenvalue weighted by atomic mass is 19.4. The molecule has 0 bridgehead atoms. The van der Waals surface area contributed by atoms with Crippen molar-refractivity contribution in [1.82, 2.24) is 0 Å². The molecule has 3 nitrogen and oxygen atoms in total. The molecule has 0 radical (unpaired) electrons. The van der Waals surface area contributed by atoms with Crippen molar-refractivity contribution in [2.24, 2.45) is 17.6 Å². The zero-order valence-corrected chi connectivity index (χ0v) is 8.01. The summed E-state index contributed by atoms with van der Waals surface area (Å²) in [5.74, 6) is -3.80. The molecular formula is C8H14F3NO2. The van der Waals surface area contributed by atoms with Crippen LogP contribution in [0, 0.1) is 11.8 Å². The van der Waals surface area contributed by atoms with Gasteiger partial charge in [-0.2, -0.15) is 13.2 Å². The van der Waals surface area contributed by atoms with Crippen LogP contribution in [0.3, 0.4) is 0 Å². The summed E-state index contributed by atoms with van der Waals surface area (Å²) in [5, 5.41) is 8.33. The normalized spacial score (nSPS) is 16.8. The highest BCUT2D eigenvalue weighted by Crippen LogP contribution is 2.34. The third-order valence-electron chi connectivity index (χ3n) is 1.97. The van der Waals surface area contributed by atoms with E-state index in [1.165, 1.54) is 13.8 Å². The van der Waals surface area contributed by atoms with Crippen molar-refractivity contribution in [3.63, 3.8) is 0 Å². The lowest BCUT2D eigenvalue weighted by Crippen LogP contribution is -2.44. The fourth-order valence-electron chi connectivity index (χ4n) is 1.44. The summed E-state index contributed by atoms with van der Waals surface area (Å²) in [5.41, 5.74) is 5.21. The second kappa shape index (κ2) is 4.63. The van der Waals surface area contributed by atoms with Gasteiger partial charge >= 0.3 is 12.1 Å². The number of nitrogens with two attached hydrogens (primary N) is 1. The molecule has 0 spiro atoms. The molecule has 3 N–H and O–H groups in total. The molecule has 2 atom stereocenters. The lowest BCUT2D eigenvalue weighted by Gasteiger charge is -2.28. The van der Waals surface area contributed by atoms with Gasteiger partial charge < -0.3 is 10.8 Å².